The third-order valence-electron chi connectivity index (χ3n) is 4.19. The predicted molar refractivity (Wildman–Crippen MR) is 77.9 cm³/mol. The van der Waals surface area contributed by atoms with Crippen molar-refractivity contribution in [3.8, 4) is 5.75 Å². The summed E-state index contributed by atoms with van der Waals surface area (Å²) in [6, 6.07) is 7.43. The summed E-state index contributed by atoms with van der Waals surface area (Å²) in [5.41, 5.74) is 2.66. The molecule has 1 fully saturated rings. The number of piperazine rings is 1. The molecule has 2 N–H and O–H groups in total. The normalized spacial score (nSPS) is 27.5. The average molecular weight is 261 g/mol. The lowest BCUT2D eigenvalue weighted by molar-refractivity contribution is 0.159. The first-order valence-corrected chi connectivity index (χ1v) is 7.17. The zero-order chi connectivity index (χ0) is 13.2. The number of rotatable bonds is 2. The fraction of sp³-hybridized carbons (Fsp3) is 0.600. The summed E-state index contributed by atoms with van der Waals surface area (Å²) in [6.45, 7) is 6.72. The first-order valence-electron chi connectivity index (χ1n) is 7.17. The Kier molecular flexibility index (Phi) is 3.62. The van der Waals surface area contributed by atoms with Gasteiger partial charge < -0.3 is 15.4 Å². The fourth-order valence-electron chi connectivity index (χ4n) is 3.20. The average Bonchev–Trinajstić information content (AvgIpc) is 2.47. The Morgan fingerprint density at radius 2 is 2.05 bits per heavy atom. The van der Waals surface area contributed by atoms with Gasteiger partial charge in [0.2, 0.25) is 0 Å². The summed E-state index contributed by atoms with van der Waals surface area (Å²) >= 11 is 0. The van der Waals surface area contributed by atoms with Gasteiger partial charge in [-0.15, -0.1) is 0 Å². The lowest BCUT2D eigenvalue weighted by atomic mass is 9.91. The van der Waals surface area contributed by atoms with Crippen molar-refractivity contribution in [2.45, 2.75) is 25.4 Å². The Hall–Kier alpha value is -1.26. The van der Waals surface area contributed by atoms with Gasteiger partial charge in [0.1, 0.15) is 5.75 Å². The van der Waals surface area contributed by atoms with Crippen LogP contribution >= 0.6 is 0 Å². The van der Waals surface area contributed by atoms with Crippen LogP contribution in [0.25, 0.3) is 0 Å². The summed E-state index contributed by atoms with van der Waals surface area (Å²) < 4.78 is 5.38. The summed E-state index contributed by atoms with van der Waals surface area (Å²) in [4.78, 5) is 2.60. The highest BCUT2D eigenvalue weighted by Crippen LogP contribution is 2.38. The Labute approximate surface area is 115 Å². The molecule has 2 unspecified atom stereocenters. The van der Waals surface area contributed by atoms with Gasteiger partial charge in [-0.2, -0.15) is 0 Å². The molecule has 104 valence electrons. The quantitative estimate of drug-likeness (QED) is 0.852. The minimum atomic E-state index is 0.517. The highest BCUT2D eigenvalue weighted by atomic mass is 16.5. The molecular formula is C15H23N3O. The summed E-state index contributed by atoms with van der Waals surface area (Å²) in [7, 11) is 1.74. The topological polar surface area (TPSA) is 36.5 Å². The van der Waals surface area contributed by atoms with E-state index in [2.05, 4.69) is 34.6 Å². The number of benzene rings is 1. The molecule has 19 heavy (non-hydrogen) atoms. The number of nitrogens with zero attached hydrogens (tertiary/aromatic N) is 1. The van der Waals surface area contributed by atoms with Gasteiger partial charge in [-0.1, -0.05) is 0 Å². The lowest BCUT2D eigenvalue weighted by Crippen LogP contribution is -2.47. The van der Waals surface area contributed by atoms with Crippen LogP contribution in [0.1, 0.15) is 24.9 Å². The Morgan fingerprint density at radius 3 is 2.79 bits per heavy atom. The Bertz CT molecular complexity index is 443. The van der Waals surface area contributed by atoms with Gasteiger partial charge in [-0.3, -0.25) is 4.90 Å². The number of hydrogen-bond acceptors (Lipinski definition) is 4. The molecule has 4 nitrogen and oxygen atoms in total. The van der Waals surface area contributed by atoms with E-state index in [9.17, 15) is 0 Å². The maximum absolute atomic E-state index is 5.38. The van der Waals surface area contributed by atoms with Crippen LogP contribution in [0.4, 0.5) is 5.69 Å². The largest absolute Gasteiger partial charge is 0.497 e. The summed E-state index contributed by atoms with van der Waals surface area (Å²) in [6.07, 6.45) is 1.17. The van der Waals surface area contributed by atoms with Crippen molar-refractivity contribution in [3.63, 3.8) is 0 Å². The summed E-state index contributed by atoms with van der Waals surface area (Å²) in [5, 5.41) is 7.01. The second-order valence-electron chi connectivity index (χ2n) is 5.54. The molecule has 0 spiro atoms. The van der Waals surface area contributed by atoms with Crippen molar-refractivity contribution in [2.75, 3.05) is 38.6 Å². The van der Waals surface area contributed by atoms with Crippen LogP contribution in [0.2, 0.25) is 0 Å². The van der Waals surface area contributed by atoms with E-state index in [4.69, 9.17) is 4.74 Å². The molecule has 2 aliphatic heterocycles. The van der Waals surface area contributed by atoms with Gasteiger partial charge in [0.05, 0.1) is 7.11 Å². The molecular weight excluding hydrogens is 238 g/mol. The number of ether oxygens (including phenoxy) is 1. The van der Waals surface area contributed by atoms with E-state index in [-0.39, 0.29) is 0 Å². The molecule has 1 saturated heterocycles. The first kappa shape index (κ1) is 12.8. The third-order valence-corrected chi connectivity index (χ3v) is 4.19. The number of nitrogens with one attached hydrogen (secondary N) is 2. The zero-order valence-corrected chi connectivity index (χ0v) is 11.8. The molecule has 0 bridgehead atoms. The van der Waals surface area contributed by atoms with E-state index >= 15 is 0 Å². The molecule has 1 aromatic carbocycles. The molecule has 2 atom stereocenters. The second-order valence-corrected chi connectivity index (χ2v) is 5.54. The molecule has 0 aliphatic carbocycles. The van der Waals surface area contributed by atoms with Crippen molar-refractivity contribution >= 4 is 5.69 Å². The van der Waals surface area contributed by atoms with Crippen LogP contribution in [-0.4, -0.2) is 44.2 Å². The minimum absolute atomic E-state index is 0.517. The van der Waals surface area contributed by atoms with Gasteiger partial charge in [-0.05, 0) is 37.1 Å². The van der Waals surface area contributed by atoms with Crippen molar-refractivity contribution in [1.29, 1.82) is 0 Å². The maximum atomic E-state index is 5.38. The monoisotopic (exact) mass is 261 g/mol. The van der Waals surface area contributed by atoms with Crippen LogP contribution in [0, 0.1) is 0 Å². The van der Waals surface area contributed by atoms with E-state index < -0.39 is 0 Å². The SMILES string of the molecule is COc1ccc2c(c1)C(N1CCNCC1)CC(C)N2. The van der Waals surface area contributed by atoms with Crippen LogP contribution in [0.15, 0.2) is 18.2 Å². The molecule has 3 rings (SSSR count). The minimum Gasteiger partial charge on any atom is -0.497 e. The molecule has 0 aromatic heterocycles. The van der Waals surface area contributed by atoms with Crippen molar-refractivity contribution < 1.29 is 4.74 Å². The second kappa shape index (κ2) is 5.39. The fourth-order valence-corrected chi connectivity index (χ4v) is 3.20. The van der Waals surface area contributed by atoms with Crippen LogP contribution in [0.3, 0.4) is 0 Å². The van der Waals surface area contributed by atoms with Gasteiger partial charge in [-0.25, -0.2) is 0 Å². The van der Waals surface area contributed by atoms with Gasteiger partial charge in [0, 0.05) is 44.0 Å². The van der Waals surface area contributed by atoms with Crippen molar-refractivity contribution in [1.82, 2.24) is 10.2 Å². The lowest BCUT2D eigenvalue weighted by Gasteiger charge is -2.40. The highest BCUT2D eigenvalue weighted by Gasteiger charge is 2.30. The van der Waals surface area contributed by atoms with Crippen molar-refractivity contribution in [3.05, 3.63) is 23.8 Å². The first-order chi connectivity index (χ1) is 9.28. The molecule has 1 aromatic rings. The van der Waals surface area contributed by atoms with Crippen molar-refractivity contribution in [2.24, 2.45) is 0 Å². The number of anilines is 1. The van der Waals surface area contributed by atoms with E-state index in [1.807, 2.05) is 6.07 Å². The molecule has 0 saturated carbocycles. The highest BCUT2D eigenvalue weighted by molar-refractivity contribution is 5.58. The van der Waals surface area contributed by atoms with Crippen LogP contribution in [-0.2, 0) is 0 Å². The standard InChI is InChI=1S/C15H23N3O/c1-11-9-15(18-7-5-16-6-8-18)13-10-12(19-2)3-4-14(13)17-11/h3-4,10-11,15-17H,5-9H2,1-2H3. The predicted octanol–water partition coefficient (Wildman–Crippen LogP) is 1.85. The number of fused-ring (bicyclic) bond motifs is 1. The number of methoxy groups -OCH3 is 1. The zero-order valence-electron chi connectivity index (χ0n) is 11.8. The van der Waals surface area contributed by atoms with Gasteiger partial charge in [0.25, 0.3) is 0 Å². The molecule has 2 heterocycles. The molecule has 0 amide bonds. The molecule has 0 radical (unpaired) electrons. The molecule has 4 heteroatoms. The Balaban J connectivity index is 1.92. The van der Waals surface area contributed by atoms with E-state index in [1.54, 1.807) is 7.11 Å². The summed E-state index contributed by atoms with van der Waals surface area (Å²) in [5.74, 6) is 0.954. The van der Waals surface area contributed by atoms with Crippen LogP contribution < -0.4 is 15.4 Å². The van der Waals surface area contributed by atoms with Gasteiger partial charge in [0.15, 0.2) is 0 Å². The van der Waals surface area contributed by atoms with E-state index in [0.717, 1.165) is 31.9 Å². The van der Waals surface area contributed by atoms with Gasteiger partial charge >= 0.3 is 0 Å². The van der Waals surface area contributed by atoms with Crippen LogP contribution in [0.5, 0.6) is 5.75 Å². The smallest absolute Gasteiger partial charge is 0.119 e. The number of hydrogen-bond donors (Lipinski definition) is 2. The molecule has 2 aliphatic rings. The maximum Gasteiger partial charge on any atom is 0.119 e. The van der Waals surface area contributed by atoms with E-state index in [1.165, 1.54) is 17.7 Å². The third kappa shape index (κ3) is 2.55. The Morgan fingerprint density at radius 1 is 1.26 bits per heavy atom. The van der Waals surface area contributed by atoms with E-state index in [0.29, 0.717) is 12.1 Å².